The van der Waals surface area contributed by atoms with Gasteiger partial charge in [-0.3, -0.25) is 0 Å². The fourth-order valence-corrected chi connectivity index (χ4v) is 0.500. The molecule has 0 aliphatic heterocycles. The van der Waals surface area contributed by atoms with Gasteiger partial charge in [0, 0.05) is 0 Å². The van der Waals surface area contributed by atoms with Gasteiger partial charge in [-0.2, -0.15) is 0 Å². The zero-order valence-electron chi connectivity index (χ0n) is 8.23. The van der Waals surface area contributed by atoms with E-state index in [1.807, 2.05) is 27.7 Å². The van der Waals surface area contributed by atoms with E-state index in [4.69, 9.17) is 0 Å². The molecule has 1 atom stereocenters. The third kappa shape index (κ3) is 6.09. The minimum absolute atomic E-state index is 0.405. The minimum Gasteiger partial charge on any atom is -0.390 e. The maximum atomic E-state index is 9.29. The van der Waals surface area contributed by atoms with Crippen molar-refractivity contribution in [3.05, 3.63) is 0 Å². The van der Waals surface area contributed by atoms with Crippen LogP contribution in [-0.4, -0.2) is 10.7 Å². The lowest BCUT2D eigenvalue weighted by molar-refractivity contribution is 0.0234. The summed E-state index contributed by atoms with van der Waals surface area (Å²) >= 11 is 0. The highest BCUT2D eigenvalue weighted by Crippen LogP contribution is 2.17. The van der Waals surface area contributed by atoms with E-state index in [9.17, 15) is 5.11 Å². The summed E-state index contributed by atoms with van der Waals surface area (Å²) in [6.07, 6.45) is 1.05. The summed E-state index contributed by atoms with van der Waals surface area (Å²) in [4.78, 5) is 0. The summed E-state index contributed by atoms with van der Waals surface area (Å²) in [5.41, 5.74) is -0.491. The largest absolute Gasteiger partial charge is 0.390 e. The molecule has 0 radical (unpaired) electrons. The Hall–Kier alpha value is -0.0400. The lowest BCUT2D eigenvalue weighted by Gasteiger charge is -2.23. The van der Waals surface area contributed by atoms with Crippen LogP contribution < -0.4 is 0 Å². The summed E-state index contributed by atoms with van der Waals surface area (Å²) in [6, 6.07) is 0. The molecule has 0 saturated heterocycles. The molecule has 64 valence electrons. The molecule has 10 heavy (non-hydrogen) atoms. The summed E-state index contributed by atoms with van der Waals surface area (Å²) in [5, 5.41) is 9.29. The predicted octanol–water partition coefficient (Wildman–Crippen LogP) is 2.83. The second-order valence-corrected chi connectivity index (χ2v) is 2.96. The van der Waals surface area contributed by atoms with Crippen LogP contribution in [0.25, 0.3) is 0 Å². The molecule has 0 saturated carbocycles. The van der Waals surface area contributed by atoms with Crippen molar-refractivity contribution in [3.8, 4) is 0 Å². The van der Waals surface area contributed by atoms with Crippen molar-refractivity contribution in [1.82, 2.24) is 0 Å². The summed E-state index contributed by atoms with van der Waals surface area (Å²) in [7, 11) is 0. The lowest BCUT2D eigenvalue weighted by atomic mass is 9.91. The number of hydrogen-bond donors (Lipinski definition) is 1. The lowest BCUT2D eigenvalue weighted by Crippen LogP contribution is -2.27. The van der Waals surface area contributed by atoms with Crippen molar-refractivity contribution < 1.29 is 5.11 Å². The van der Waals surface area contributed by atoms with Gasteiger partial charge >= 0.3 is 0 Å². The topological polar surface area (TPSA) is 20.2 Å². The smallest absolute Gasteiger partial charge is 0.0617 e. The van der Waals surface area contributed by atoms with E-state index in [1.165, 1.54) is 0 Å². The van der Waals surface area contributed by atoms with E-state index in [1.54, 1.807) is 0 Å². The van der Waals surface area contributed by atoms with E-state index < -0.39 is 5.60 Å². The second-order valence-electron chi connectivity index (χ2n) is 2.96. The van der Waals surface area contributed by atoms with Crippen LogP contribution in [0.5, 0.6) is 0 Å². The van der Waals surface area contributed by atoms with Crippen LogP contribution in [0.3, 0.4) is 0 Å². The van der Waals surface area contributed by atoms with Crippen LogP contribution in [0, 0.1) is 5.92 Å². The zero-order chi connectivity index (χ0) is 8.78. The number of hydrogen-bond acceptors (Lipinski definition) is 1. The van der Waals surface area contributed by atoms with Crippen molar-refractivity contribution in [2.75, 3.05) is 0 Å². The minimum atomic E-state index is -0.491. The Bertz CT molecular complexity index is 61.6. The van der Waals surface area contributed by atoms with Crippen LogP contribution in [0.1, 0.15) is 48.0 Å². The van der Waals surface area contributed by atoms with Crippen LogP contribution in [0.15, 0.2) is 0 Å². The van der Waals surface area contributed by atoms with Crippen LogP contribution in [0.2, 0.25) is 0 Å². The van der Waals surface area contributed by atoms with Crippen LogP contribution >= 0.6 is 0 Å². The van der Waals surface area contributed by atoms with Gasteiger partial charge in [0.25, 0.3) is 0 Å². The molecule has 0 aromatic rings. The zero-order valence-corrected chi connectivity index (χ0v) is 8.23. The van der Waals surface area contributed by atoms with Crippen molar-refractivity contribution in [1.29, 1.82) is 0 Å². The molecule has 0 aromatic heterocycles. The first kappa shape index (κ1) is 12.6. The van der Waals surface area contributed by atoms with Gasteiger partial charge in [0.1, 0.15) is 0 Å². The standard InChI is InChI=1S/C7H16O.C2H6/c1-5-6(2)7(3,4)8;1-2/h6,8H,5H2,1-4H3;1-2H3. The fourth-order valence-electron chi connectivity index (χ4n) is 0.500. The Balaban J connectivity index is 0. The average Bonchev–Trinajstić information content (AvgIpc) is 1.89. The molecule has 1 heteroatoms. The molecular weight excluding hydrogens is 124 g/mol. The number of rotatable bonds is 2. The maximum Gasteiger partial charge on any atom is 0.0617 e. The molecule has 0 aliphatic rings. The van der Waals surface area contributed by atoms with Gasteiger partial charge in [-0.1, -0.05) is 34.1 Å². The molecule has 0 aliphatic carbocycles. The first-order chi connectivity index (χ1) is 4.48. The highest BCUT2D eigenvalue weighted by atomic mass is 16.3. The first-order valence-electron chi connectivity index (χ1n) is 4.20. The molecule has 1 nitrogen and oxygen atoms in total. The van der Waals surface area contributed by atoms with Crippen molar-refractivity contribution in [3.63, 3.8) is 0 Å². The summed E-state index contributed by atoms with van der Waals surface area (Å²) in [6.45, 7) is 11.8. The second kappa shape index (κ2) is 5.72. The Labute approximate surface area is 65.5 Å². The molecule has 0 bridgehead atoms. The normalized spacial score (nSPS) is 13.5. The Morgan fingerprint density at radius 2 is 1.60 bits per heavy atom. The Morgan fingerprint density at radius 1 is 1.30 bits per heavy atom. The fraction of sp³-hybridized carbons (Fsp3) is 1.00. The number of aliphatic hydroxyl groups is 1. The Morgan fingerprint density at radius 3 is 1.60 bits per heavy atom. The third-order valence-electron chi connectivity index (χ3n) is 1.82. The molecule has 1 unspecified atom stereocenters. The monoisotopic (exact) mass is 146 g/mol. The van der Waals surface area contributed by atoms with E-state index in [2.05, 4.69) is 13.8 Å². The van der Waals surface area contributed by atoms with Gasteiger partial charge in [0.2, 0.25) is 0 Å². The van der Waals surface area contributed by atoms with Crippen LogP contribution in [0.4, 0.5) is 0 Å². The van der Waals surface area contributed by atoms with Gasteiger partial charge in [-0.15, -0.1) is 0 Å². The molecule has 0 fully saturated rings. The van der Waals surface area contributed by atoms with E-state index in [-0.39, 0.29) is 0 Å². The summed E-state index contributed by atoms with van der Waals surface area (Å²) in [5.74, 6) is 0.405. The van der Waals surface area contributed by atoms with Crippen molar-refractivity contribution in [2.45, 2.75) is 53.6 Å². The van der Waals surface area contributed by atoms with Gasteiger partial charge in [0.05, 0.1) is 5.60 Å². The van der Waals surface area contributed by atoms with E-state index >= 15 is 0 Å². The molecule has 0 spiro atoms. The highest BCUT2D eigenvalue weighted by molar-refractivity contribution is 4.71. The van der Waals surface area contributed by atoms with Crippen molar-refractivity contribution in [2.24, 2.45) is 5.92 Å². The van der Waals surface area contributed by atoms with Crippen molar-refractivity contribution >= 4 is 0 Å². The van der Waals surface area contributed by atoms with Gasteiger partial charge in [-0.25, -0.2) is 0 Å². The summed E-state index contributed by atoms with van der Waals surface area (Å²) < 4.78 is 0. The SMILES string of the molecule is CC.CCC(C)C(C)(C)O. The van der Waals surface area contributed by atoms with Gasteiger partial charge < -0.3 is 5.11 Å². The quantitative estimate of drug-likeness (QED) is 0.635. The third-order valence-corrected chi connectivity index (χ3v) is 1.82. The molecule has 0 rings (SSSR count). The molecule has 0 heterocycles. The molecular formula is C9H22O. The van der Waals surface area contributed by atoms with Gasteiger partial charge in [-0.05, 0) is 19.8 Å². The molecule has 0 amide bonds. The van der Waals surface area contributed by atoms with Gasteiger partial charge in [0.15, 0.2) is 0 Å². The Kier molecular flexibility index (Phi) is 7.22. The highest BCUT2D eigenvalue weighted by Gasteiger charge is 2.19. The van der Waals surface area contributed by atoms with E-state index in [0.717, 1.165) is 6.42 Å². The predicted molar refractivity (Wildman–Crippen MR) is 47.1 cm³/mol. The van der Waals surface area contributed by atoms with E-state index in [0.29, 0.717) is 5.92 Å². The average molecular weight is 146 g/mol. The van der Waals surface area contributed by atoms with Crippen LogP contribution in [-0.2, 0) is 0 Å². The first-order valence-corrected chi connectivity index (χ1v) is 4.20. The molecule has 1 N–H and O–H groups in total. The molecule has 0 aromatic carbocycles. The maximum absolute atomic E-state index is 9.29.